The van der Waals surface area contributed by atoms with E-state index in [4.69, 9.17) is 0 Å². The van der Waals surface area contributed by atoms with Gasteiger partial charge in [0.2, 0.25) is 5.91 Å². The second-order valence-electron chi connectivity index (χ2n) is 3.16. The van der Waals surface area contributed by atoms with Gasteiger partial charge in [-0.15, -0.1) is 0 Å². The fourth-order valence-corrected chi connectivity index (χ4v) is 1.57. The lowest BCUT2D eigenvalue weighted by Gasteiger charge is -2.36. The van der Waals surface area contributed by atoms with Crippen LogP contribution in [0.2, 0.25) is 0 Å². The van der Waals surface area contributed by atoms with E-state index in [2.05, 4.69) is 0 Å². The van der Waals surface area contributed by atoms with E-state index in [1.165, 1.54) is 0 Å². The summed E-state index contributed by atoms with van der Waals surface area (Å²) >= 11 is 0. The summed E-state index contributed by atoms with van der Waals surface area (Å²) in [7, 11) is 0. The Morgan fingerprint density at radius 2 is 2.27 bits per heavy atom. The summed E-state index contributed by atoms with van der Waals surface area (Å²) in [5, 5.41) is 9.40. The molecule has 64 valence electrons. The van der Waals surface area contributed by atoms with E-state index in [0.29, 0.717) is 0 Å². The zero-order valence-electron chi connectivity index (χ0n) is 7.08. The quantitative estimate of drug-likeness (QED) is 0.552. The topological polar surface area (TPSA) is 40.5 Å². The molecule has 2 atom stereocenters. The molecule has 0 aromatic rings. The molecule has 2 unspecified atom stereocenters. The molecular weight excluding hydrogens is 142 g/mol. The number of aliphatic hydroxyl groups excluding tert-OH is 1. The molecule has 3 nitrogen and oxygen atoms in total. The lowest BCUT2D eigenvalue weighted by Crippen LogP contribution is -2.48. The Kier molecular flexibility index (Phi) is 2.49. The Balaban J connectivity index is 2.58. The Bertz CT molecular complexity index is 158. The van der Waals surface area contributed by atoms with Crippen LogP contribution >= 0.6 is 0 Å². The van der Waals surface area contributed by atoms with Crippen molar-refractivity contribution in [3.8, 4) is 0 Å². The smallest absolute Gasteiger partial charge is 0.219 e. The number of carbonyl (C=O) groups is 1. The van der Waals surface area contributed by atoms with Crippen molar-refractivity contribution in [2.75, 3.05) is 6.54 Å². The Morgan fingerprint density at radius 1 is 1.64 bits per heavy atom. The van der Waals surface area contributed by atoms with Crippen molar-refractivity contribution in [3.63, 3.8) is 0 Å². The molecule has 1 aliphatic rings. The largest absolute Gasteiger partial charge is 0.391 e. The minimum atomic E-state index is -0.326. The van der Waals surface area contributed by atoms with E-state index < -0.39 is 0 Å². The van der Waals surface area contributed by atoms with Gasteiger partial charge in [0.15, 0.2) is 0 Å². The summed E-state index contributed by atoms with van der Waals surface area (Å²) in [5.74, 6) is 0.0660. The standard InChI is InChI=1S/C8H15NO2/c1-6-8(11)4-3-5-9(6)7(2)10/h6,8,11H,3-5H2,1-2H3. The predicted molar refractivity (Wildman–Crippen MR) is 42.1 cm³/mol. The first kappa shape index (κ1) is 8.53. The molecule has 0 radical (unpaired) electrons. The molecule has 3 heteroatoms. The minimum Gasteiger partial charge on any atom is -0.391 e. The lowest BCUT2D eigenvalue weighted by atomic mass is 10.0. The Labute approximate surface area is 67.0 Å². The summed E-state index contributed by atoms with van der Waals surface area (Å²) in [6.07, 6.45) is 1.42. The minimum absolute atomic E-state index is 0.00116. The van der Waals surface area contributed by atoms with Gasteiger partial charge < -0.3 is 10.0 Å². The van der Waals surface area contributed by atoms with E-state index in [1.54, 1.807) is 11.8 Å². The average molecular weight is 157 g/mol. The van der Waals surface area contributed by atoms with E-state index in [9.17, 15) is 9.90 Å². The number of amides is 1. The number of nitrogens with zero attached hydrogens (tertiary/aromatic N) is 1. The monoisotopic (exact) mass is 157 g/mol. The average Bonchev–Trinajstić information content (AvgIpc) is 1.94. The molecule has 11 heavy (non-hydrogen) atoms. The van der Waals surface area contributed by atoms with Crippen LogP contribution in [-0.2, 0) is 4.79 Å². The molecule has 0 spiro atoms. The van der Waals surface area contributed by atoms with Gasteiger partial charge in [0.25, 0.3) is 0 Å². The zero-order chi connectivity index (χ0) is 8.43. The molecule has 1 N–H and O–H groups in total. The maximum Gasteiger partial charge on any atom is 0.219 e. The van der Waals surface area contributed by atoms with Crippen LogP contribution in [0.1, 0.15) is 26.7 Å². The molecule has 1 aliphatic heterocycles. The van der Waals surface area contributed by atoms with Crippen LogP contribution < -0.4 is 0 Å². The van der Waals surface area contributed by atoms with Crippen LogP contribution in [0, 0.1) is 0 Å². The van der Waals surface area contributed by atoms with Gasteiger partial charge in [0.1, 0.15) is 0 Å². The highest BCUT2D eigenvalue weighted by molar-refractivity contribution is 5.73. The van der Waals surface area contributed by atoms with Crippen LogP contribution in [-0.4, -0.2) is 34.6 Å². The number of aliphatic hydroxyl groups is 1. The van der Waals surface area contributed by atoms with Crippen molar-refractivity contribution in [1.29, 1.82) is 0 Å². The molecule has 1 saturated heterocycles. The van der Waals surface area contributed by atoms with Crippen molar-refractivity contribution < 1.29 is 9.90 Å². The fraction of sp³-hybridized carbons (Fsp3) is 0.875. The Morgan fingerprint density at radius 3 is 2.73 bits per heavy atom. The molecule has 1 rings (SSSR count). The molecule has 1 fully saturated rings. The van der Waals surface area contributed by atoms with Gasteiger partial charge in [-0.25, -0.2) is 0 Å². The number of rotatable bonds is 0. The first-order valence-electron chi connectivity index (χ1n) is 4.08. The van der Waals surface area contributed by atoms with E-state index >= 15 is 0 Å². The predicted octanol–water partition coefficient (Wildman–Crippen LogP) is 0.378. The second-order valence-corrected chi connectivity index (χ2v) is 3.16. The van der Waals surface area contributed by atoms with E-state index in [1.807, 2.05) is 6.92 Å². The van der Waals surface area contributed by atoms with Gasteiger partial charge in [-0.1, -0.05) is 0 Å². The van der Waals surface area contributed by atoms with Crippen LogP contribution in [0.5, 0.6) is 0 Å². The van der Waals surface area contributed by atoms with Crippen LogP contribution in [0.15, 0.2) is 0 Å². The van der Waals surface area contributed by atoms with Crippen LogP contribution in [0.3, 0.4) is 0 Å². The highest BCUT2D eigenvalue weighted by Gasteiger charge is 2.27. The summed E-state index contributed by atoms with van der Waals surface area (Å²) in [4.78, 5) is 12.7. The van der Waals surface area contributed by atoms with Crippen molar-refractivity contribution >= 4 is 5.91 Å². The fourth-order valence-electron chi connectivity index (χ4n) is 1.57. The maximum absolute atomic E-state index is 11.0. The normalized spacial score (nSPS) is 32.1. The molecule has 1 amide bonds. The third kappa shape index (κ3) is 1.71. The van der Waals surface area contributed by atoms with Gasteiger partial charge in [0, 0.05) is 13.5 Å². The van der Waals surface area contributed by atoms with E-state index in [0.717, 1.165) is 19.4 Å². The number of hydrogen-bond acceptors (Lipinski definition) is 2. The molecule has 0 bridgehead atoms. The van der Waals surface area contributed by atoms with E-state index in [-0.39, 0.29) is 18.1 Å². The SMILES string of the molecule is CC(=O)N1CCCC(O)C1C. The van der Waals surface area contributed by atoms with Crippen molar-refractivity contribution in [2.24, 2.45) is 0 Å². The molecular formula is C8H15NO2. The van der Waals surface area contributed by atoms with Crippen LogP contribution in [0.25, 0.3) is 0 Å². The lowest BCUT2D eigenvalue weighted by molar-refractivity contribution is -0.135. The number of piperidine rings is 1. The van der Waals surface area contributed by atoms with Crippen molar-refractivity contribution in [1.82, 2.24) is 4.90 Å². The summed E-state index contributed by atoms with van der Waals surface area (Å²) in [6.45, 7) is 4.24. The maximum atomic E-state index is 11.0. The zero-order valence-corrected chi connectivity index (χ0v) is 7.08. The Hall–Kier alpha value is -0.570. The molecule has 0 saturated carbocycles. The van der Waals surface area contributed by atoms with Gasteiger partial charge in [0.05, 0.1) is 12.1 Å². The first-order chi connectivity index (χ1) is 5.13. The number of hydrogen-bond donors (Lipinski definition) is 1. The summed E-state index contributed by atoms with van der Waals surface area (Å²) in [5.41, 5.74) is 0. The summed E-state index contributed by atoms with van der Waals surface area (Å²) < 4.78 is 0. The van der Waals surface area contributed by atoms with Crippen LogP contribution in [0.4, 0.5) is 0 Å². The second kappa shape index (κ2) is 3.22. The molecule has 0 aromatic heterocycles. The molecule has 0 aliphatic carbocycles. The number of likely N-dealkylation sites (tertiary alicyclic amines) is 1. The summed E-state index contributed by atoms with van der Waals surface area (Å²) in [6, 6.07) is 0.00116. The van der Waals surface area contributed by atoms with Crippen molar-refractivity contribution in [2.45, 2.75) is 38.8 Å². The van der Waals surface area contributed by atoms with Gasteiger partial charge in [-0.2, -0.15) is 0 Å². The van der Waals surface area contributed by atoms with Gasteiger partial charge >= 0.3 is 0 Å². The number of carbonyl (C=O) groups excluding carboxylic acids is 1. The molecule has 0 aromatic carbocycles. The molecule has 1 heterocycles. The third-order valence-electron chi connectivity index (χ3n) is 2.35. The highest BCUT2D eigenvalue weighted by Crippen LogP contribution is 2.16. The third-order valence-corrected chi connectivity index (χ3v) is 2.35. The van der Waals surface area contributed by atoms with Gasteiger partial charge in [-0.05, 0) is 19.8 Å². The first-order valence-corrected chi connectivity index (χ1v) is 4.08. The van der Waals surface area contributed by atoms with Crippen molar-refractivity contribution in [3.05, 3.63) is 0 Å². The highest BCUT2D eigenvalue weighted by atomic mass is 16.3. The van der Waals surface area contributed by atoms with Gasteiger partial charge in [-0.3, -0.25) is 4.79 Å².